The molecule has 212 valence electrons. The van der Waals surface area contributed by atoms with Crippen LogP contribution in [0.5, 0.6) is 5.75 Å². The molecule has 4 rings (SSSR count). The van der Waals surface area contributed by atoms with Gasteiger partial charge in [-0.25, -0.2) is 9.78 Å². The van der Waals surface area contributed by atoms with Crippen molar-refractivity contribution in [2.75, 3.05) is 20.2 Å². The molecule has 1 saturated heterocycles. The van der Waals surface area contributed by atoms with E-state index < -0.39 is 29.7 Å². The molecule has 0 radical (unpaired) electrons. The summed E-state index contributed by atoms with van der Waals surface area (Å²) in [5.41, 5.74) is 0.828. The van der Waals surface area contributed by atoms with Crippen LogP contribution in [0, 0.1) is 6.92 Å². The van der Waals surface area contributed by atoms with E-state index >= 15 is 0 Å². The van der Waals surface area contributed by atoms with Crippen molar-refractivity contribution in [1.29, 1.82) is 0 Å². The van der Waals surface area contributed by atoms with E-state index in [9.17, 15) is 27.6 Å². The molecule has 1 aliphatic heterocycles. The minimum Gasteiger partial charge on any atom is -0.497 e. The number of likely N-dealkylation sites (tertiary alicyclic amines) is 1. The topological polar surface area (TPSA) is 114 Å². The first-order chi connectivity index (χ1) is 19.0. The molecule has 1 unspecified atom stereocenters. The number of methoxy groups -OCH3 is 1. The van der Waals surface area contributed by atoms with E-state index in [4.69, 9.17) is 9.47 Å². The molecule has 0 bridgehead atoms. The Hall–Kier alpha value is -4.35. The van der Waals surface area contributed by atoms with Gasteiger partial charge in [-0.05, 0) is 36.6 Å². The third kappa shape index (κ3) is 6.61. The number of esters is 1. The summed E-state index contributed by atoms with van der Waals surface area (Å²) in [5.74, 6) is -2.59. The molecule has 3 aromatic rings. The summed E-state index contributed by atoms with van der Waals surface area (Å²) in [4.78, 5) is 46.4. The van der Waals surface area contributed by atoms with Crippen molar-refractivity contribution in [1.82, 2.24) is 20.2 Å². The zero-order chi connectivity index (χ0) is 28.9. The van der Waals surface area contributed by atoms with Crippen LogP contribution in [0.2, 0.25) is 0 Å². The summed E-state index contributed by atoms with van der Waals surface area (Å²) in [6.07, 6.45) is -1.50. The second-order valence-corrected chi connectivity index (χ2v) is 9.64. The number of aryl methyl sites for hydroxylation is 2. The number of hydrogen-bond donors (Lipinski definition) is 2. The van der Waals surface area contributed by atoms with Crippen molar-refractivity contribution in [3.05, 3.63) is 83.4 Å². The van der Waals surface area contributed by atoms with Crippen molar-refractivity contribution in [2.45, 2.75) is 44.0 Å². The van der Waals surface area contributed by atoms with Gasteiger partial charge in [-0.15, -0.1) is 0 Å². The van der Waals surface area contributed by atoms with Gasteiger partial charge in [-0.1, -0.05) is 36.4 Å². The Morgan fingerprint density at radius 3 is 2.42 bits per heavy atom. The average molecular weight is 559 g/mol. The molecule has 1 atom stereocenters. The molecular formula is C28H29F3N4O5. The van der Waals surface area contributed by atoms with Crippen molar-refractivity contribution < 1.29 is 37.0 Å². The Kier molecular flexibility index (Phi) is 8.46. The van der Waals surface area contributed by atoms with Crippen LogP contribution in [0.4, 0.5) is 13.2 Å². The summed E-state index contributed by atoms with van der Waals surface area (Å²) >= 11 is 0. The molecule has 2 heterocycles. The predicted octanol–water partition coefficient (Wildman–Crippen LogP) is 3.23. The second kappa shape index (κ2) is 11.8. The Bertz CT molecular complexity index is 1340. The Morgan fingerprint density at radius 2 is 1.82 bits per heavy atom. The molecule has 1 aromatic heterocycles. The number of aromatic nitrogens is 2. The number of alkyl halides is 3. The predicted molar refractivity (Wildman–Crippen MR) is 137 cm³/mol. The number of rotatable bonds is 10. The van der Waals surface area contributed by atoms with Crippen LogP contribution in [0.25, 0.3) is 0 Å². The number of nitrogens with one attached hydrogen (secondary N) is 2. The van der Waals surface area contributed by atoms with Gasteiger partial charge in [0.15, 0.2) is 5.60 Å². The van der Waals surface area contributed by atoms with Crippen molar-refractivity contribution in [2.24, 2.45) is 0 Å². The smallest absolute Gasteiger partial charge is 0.490 e. The van der Waals surface area contributed by atoms with Crippen LogP contribution in [-0.2, 0) is 37.6 Å². The number of amides is 2. The zero-order valence-electron chi connectivity index (χ0n) is 22.0. The fourth-order valence-corrected chi connectivity index (χ4v) is 4.69. The van der Waals surface area contributed by atoms with Gasteiger partial charge in [0.2, 0.25) is 11.8 Å². The highest BCUT2D eigenvalue weighted by Gasteiger charge is 2.55. The number of benzene rings is 2. The maximum atomic E-state index is 13.6. The SMILES string of the molecule is COc1ccc(CC(NC(=O)CCc2cnc[nH]2)C(=O)N2CC(OC(=O)C(F)(F)F)(c3ccccc3C)C2)cc1. The van der Waals surface area contributed by atoms with E-state index in [1.165, 1.54) is 18.3 Å². The molecule has 2 amide bonds. The summed E-state index contributed by atoms with van der Waals surface area (Å²) < 4.78 is 49.6. The first-order valence-corrected chi connectivity index (χ1v) is 12.6. The Labute approximate surface area is 228 Å². The van der Waals surface area contributed by atoms with Gasteiger partial charge in [0.05, 0.1) is 26.5 Å². The minimum atomic E-state index is -5.19. The van der Waals surface area contributed by atoms with Gasteiger partial charge >= 0.3 is 12.1 Å². The monoisotopic (exact) mass is 558 g/mol. The molecule has 0 saturated carbocycles. The number of carbonyl (C=O) groups excluding carboxylic acids is 3. The van der Waals surface area contributed by atoms with E-state index in [2.05, 4.69) is 15.3 Å². The molecule has 1 fully saturated rings. The number of aromatic amines is 1. The average Bonchev–Trinajstić information content (AvgIpc) is 3.42. The van der Waals surface area contributed by atoms with Crippen molar-refractivity contribution in [3.8, 4) is 5.75 Å². The van der Waals surface area contributed by atoms with Crippen LogP contribution < -0.4 is 10.1 Å². The Balaban J connectivity index is 1.53. The lowest BCUT2D eigenvalue weighted by Crippen LogP contribution is -2.67. The van der Waals surface area contributed by atoms with Gasteiger partial charge in [0.25, 0.3) is 0 Å². The highest BCUT2D eigenvalue weighted by Crippen LogP contribution is 2.40. The number of H-pyrrole nitrogens is 1. The molecule has 9 nitrogen and oxygen atoms in total. The van der Waals surface area contributed by atoms with E-state index in [0.29, 0.717) is 23.3 Å². The van der Waals surface area contributed by atoms with E-state index in [1.54, 1.807) is 61.7 Å². The largest absolute Gasteiger partial charge is 0.497 e. The van der Waals surface area contributed by atoms with Crippen LogP contribution in [0.15, 0.2) is 61.1 Å². The highest BCUT2D eigenvalue weighted by atomic mass is 19.4. The van der Waals surface area contributed by atoms with Crippen LogP contribution in [-0.4, -0.2) is 65.1 Å². The number of hydrogen-bond acceptors (Lipinski definition) is 6. The maximum absolute atomic E-state index is 13.6. The molecule has 1 aliphatic rings. The molecule has 0 aliphatic carbocycles. The zero-order valence-corrected chi connectivity index (χ0v) is 22.0. The number of carbonyl (C=O) groups is 3. The maximum Gasteiger partial charge on any atom is 0.490 e. The summed E-state index contributed by atoms with van der Waals surface area (Å²) in [7, 11) is 1.53. The second-order valence-electron chi connectivity index (χ2n) is 9.64. The number of imidazole rings is 1. The number of nitrogens with zero attached hydrogens (tertiary/aromatic N) is 2. The number of ether oxygens (including phenoxy) is 2. The highest BCUT2D eigenvalue weighted by molar-refractivity contribution is 5.89. The van der Waals surface area contributed by atoms with E-state index in [1.807, 2.05) is 0 Å². The Morgan fingerprint density at radius 1 is 1.12 bits per heavy atom. The lowest BCUT2D eigenvalue weighted by Gasteiger charge is -2.50. The summed E-state index contributed by atoms with van der Waals surface area (Å²) in [6.45, 7) is 1.11. The third-order valence-electron chi connectivity index (χ3n) is 6.77. The van der Waals surface area contributed by atoms with Crippen molar-refractivity contribution in [3.63, 3.8) is 0 Å². The fourth-order valence-electron chi connectivity index (χ4n) is 4.69. The third-order valence-corrected chi connectivity index (χ3v) is 6.77. The van der Waals surface area contributed by atoms with Crippen LogP contribution in [0.3, 0.4) is 0 Å². The molecule has 12 heteroatoms. The fraction of sp³-hybridized carbons (Fsp3) is 0.357. The van der Waals surface area contributed by atoms with Gasteiger partial charge in [-0.3, -0.25) is 9.59 Å². The van der Waals surface area contributed by atoms with Crippen LogP contribution >= 0.6 is 0 Å². The minimum absolute atomic E-state index is 0.0882. The van der Waals surface area contributed by atoms with E-state index in [0.717, 1.165) is 11.3 Å². The molecule has 2 aromatic carbocycles. The quantitative estimate of drug-likeness (QED) is 0.370. The standard InChI is InChI=1S/C28H29F3N4O5/c1-18-5-3-4-6-22(18)27(40-26(38)28(29,30)31)15-35(16-27)25(37)23(13-19-7-10-21(39-2)11-8-19)34-24(36)12-9-20-14-32-17-33-20/h3-8,10-11,14,17,23H,9,12-13,15-16H2,1-2H3,(H,32,33)(H,34,36). The van der Waals surface area contributed by atoms with Gasteiger partial charge in [0, 0.05) is 30.3 Å². The van der Waals surface area contributed by atoms with Crippen molar-refractivity contribution >= 4 is 17.8 Å². The molecule has 2 N–H and O–H groups in total. The molecule has 40 heavy (non-hydrogen) atoms. The van der Waals surface area contributed by atoms with Gasteiger partial charge in [-0.2, -0.15) is 13.2 Å². The van der Waals surface area contributed by atoms with Gasteiger partial charge in [0.1, 0.15) is 11.8 Å². The van der Waals surface area contributed by atoms with E-state index in [-0.39, 0.29) is 31.8 Å². The lowest BCUT2D eigenvalue weighted by atomic mass is 9.82. The lowest BCUT2D eigenvalue weighted by molar-refractivity contribution is -0.230. The first-order valence-electron chi connectivity index (χ1n) is 12.6. The molecule has 0 spiro atoms. The first kappa shape index (κ1) is 28.7. The van der Waals surface area contributed by atoms with Crippen LogP contribution in [0.1, 0.15) is 28.8 Å². The normalized spacial score (nSPS) is 15.1. The summed E-state index contributed by atoms with van der Waals surface area (Å²) in [6, 6.07) is 12.6. The summed E-state index contributed by atoms with van der Waals surface area (Å²) in [5, 5.41) is 2.77. The number of halogens is 3. The van der Waals surface area contributed by atoms with Gasteiger partial charge < -0.3 is 24.7 Å². The molecular weight excluding hydrogens is 529 g/mol.